The molecule has 2 aromatic rings. The van der Waals surface area contributed by atoms with Crippen LogP contribution in [0.15, 0.2) is 36.5 Å². The van der Waals surface area contributed by atoms with Crippen molar-refractivity contribution in [3.8, 4) is 0 Å². The third-order valence-electron chi connectivity index (χ3n) is 6.04. The molecular formula is C23H23N3O2S. The molecule has 5 rings (SSSR count). The van der Waals surface area contributed by atoms with E-state index in [4.69, 9.17) is 0 Å². The molecule has 1 saturated heterocycles. The second-order valence-corrected chi connectivity index (χ2v) is 9.42. The number of allylic oxidation sites excluding steroid dienone is 1. The van der Waals surface area contributed by atoms with E-state index in [0.29, 0.717) is 30.5 Å². The molecule has 2 amide bonds. The quantitative estimate of drug-likeness (QED) is 0.788. The number of hydrogen-bond donors (Lipinski definition) is 1. The lowest BCUT2D eigenvalue weighted by molar-refractivity contribution is -0.125. The third kappa shape index (κ3) is 3.65. The number of anilines is 1. The van der Waals surface area contributed by atoms with Gasteiger partial charge in [0.05, 0.1) is 0 Å². The van der Waals surface area contributed by atoms with E-state index in [-0.39, 0.29) is 11.8 Å². The lowest BCUT2D eigenvalue weighted by atomic mass is 10.00. The van der Waals surface area contributed by atoms with Crippen molar-refractivity contribution in [3.05, 3.63) is 57.4 Å². The Morgan fingerprint density at radius 1 is 1.31 bits per heavy atom. The number of thiophene rings is 1. The standard InChI is InChI=1S/C23H23N3O2S/c1-14-2-5-20(29-14)17-9-18-12-26(13-19(18)10-17)22(28)7-3-15-8-16-4-6-21(27)25-23(16)24-11-15/h2-3,5,7-9,11,18-19H,4,6,10,12-13H2,1H3,(H,24,25,27)/b7-3+. The predicted octanol–water partition coefficient (Wildman–Crippen LogP) is 3.91. The van der Waals surface area contributed by atoms with E-state index in [2.05, 4.69) is 35.4 Å². The average Bonchev–Trinajstić information content (AvgIpc) is 3.40. The van der Waals surface area contributed by atoms with Gasteiger partial charge in [0.2, 0.25) is 11.8 Å². The Labute approximate surface area is 174 Å². The van der Waals surface area contributed by atoms with Crippen molar-refractivity contribution in [1.29, 1.82) is 0 Å². The zero-order valence-electron chi connectivity index (χ0n) is 16.4. The number of amides is 2. The molecule has 148 valence electrons. The van der Waals surface area contributed by atoms with E-state index < -0.39 is 0 Å². The minimum Gasteiger partial charge on any atom is -0.338 e. The van der Waals surface area contributed by atoms with Gasteiger partial charge >= 0.3 is 0 Å². The van der Waals surface area contributed by atoms with Crippen LogP contribution in [0.25, 0.3) is 11.6 Å². The summed E-state index contributed by atoms with van der Waals surface area (Å²) in [7, 11) is 0. The monoisotopic (exact) mass is 405 g/mol. The Bertz CT molecular complexity index is 1050. The van der Waals surface area contributed by atoms with Crippen LogP contribution in [-0.4, -0.2) is 34.8 Å². The number of nitrogens with zero attached hydrogens (tertiary/aromatic N) is 2. The van der Waals surface area contributed by atoms with Gasteiger partial charge in [0.25, 0.3) is 0 Å². The lowest BCUT2D eigenvalue weighted by Crippen LogP contribution is -2.27. The first-order valence-electron chi connectivity index (χ1n) is 10.1. The molecule has 2 aromatic heterocycles. The summed E-state index contributed by atoms with van der Waals surface area (Å²) >= 11 is 1.86. The largest absolute Gasteiger partial charge is 0.338 e. The minimum atomic E-state index is 0.00877. The molecule has 29 heavy (non-hydrogen) atoms. The maximum Gasteiger partial charge on any atom is 0.246 e. The van der Waals surface area contributed by atoms with Crippen molar-refractivity contribution in [2.75, 3.05) is 18.4 Å². The maximum absolute atomic E-state index is 12.7. The summed E-state index contributed by atoms with van der Waals surface area (Å²) in [6.45, 7) is 3.77. The van der Waals surface area contributed by atoms with Crippen LogP contribution >= 0.6 is 11.3 Å². The van der Waals surface area contributed by atoms with Crippen LogP contribution in [-0.2, 0) is 16.0 Å². The van der Waals surface area contributed by atoms with Gasteiger partial charge in [-0.3, -0.25) is 9.59 Å². The van der Waals surface area contributed by atoms with Crippen molar-refractivity contribution < 1.29 is 9.59 Å². The van der Waals surface area contributed by atoms with Crippen LogP contribution in [0.1, 0.15) is 33.7 Å². The number of hydrogen-bond acceptors (Lipinski definition) is 4. The molecule has 4 heterocycles. The first-order chi connectivity index (χ1) is 14.0. The van der Waals surface area contributed by atoms with Crippen LogP contribution in [0, 0.1) is 18.8 Å². The molecule has 5 nitrogen and oxygen atoms in total. The Kier molecular flexibility index (Phi) is 4.59. The normalized spacial score (nSPS) is 23.1. The molecule has 1 aliphatic carbocycles. The molecule has 0 aromatic carbocycles. The smallest absolute Gasteiger partial charge is 0.246 e. The summed E-state index contributed by atoms with van der Waals surface area (Å²) < 4.78 is 0. The Morgan fingerprint density at radius 2 is 2.21 bits per heavy atom. The van der Waals surface area contributed by atoms with Gasteiger partial charge in [0, 0.05) is 41.5 Å². The number of pyridine rings is 1. The highest BCUT2D eigenvalue weighted by Gasteiger charge is 2.38. The molecule has 2 atom stereocenters. The summed E-state index contributed by atoms with van der Waals surface area (Å²) in [5, 5.41) is 2.78. The average molecular weight is 406 g/mol. The van der Waals surface area contributed by atoms with E-state index in [1.165, 1.54) is 15.3 Å². The molecular weight excluding hydrogens is 382 g/mol. The van der Waals surface area contributed by atoms with Crippen LogP contribution < -0.4 is 5.32 Å². The topological polar surface area (TPSA) is 62.3 Å². The van der Waals surface area contributed by atoms with E-state index in [1.54, 1.807) is 12.3 Å². The second-order valence-electron chi connectivity index (χ2n) is 8.13. The summed E-state index contributed by atoms with van der Waals surface area (Å²) in [5.74, 6) is 1.72. The van der Waals surface area contributed by atoms with Gasteiger partial charge in [-0.05, 0) is 72.6 Å². The van der Waals surface area contributed by atoms with E-state index in [1.807, 2.05) is 28.4 Å². The fraction of sp³-hybridized carbons (Fsp3) is 0.348. The van der Waals surface area contributed by atoms with Crippen LogP contribution in [0.4, 0.5) is 5.82 Å². The molecule has 1 fully saturated rings. The van der Waals surface area contributed by atoms with Gasteiger partial charge in [-0.25, -0.2) is 4.98 Å². The van der Waals surface area contributed by atoms with Gasteiger partial charge in [-0.2, -0.15) is 0 Å². The van der Waals surface area contributed by atoms with Crippen LogP contribution in [0.2, 0.25) is 0 Å². The number of likely N-dealkylation sites (tertiary alicyclic amines) is 1. The predicted molar refractivity (Wildman–Crippen MR) is 115 cm³/mol. The van der Waals surface area contributed by atoms with Gasteiger partial charge in [-0.15, -0.1) is 11.3 Å². The molecule has 2 unspecified atom stereocenters. The summed E-state index contributed by atoms with van der Waals surface area (Å²) in [6.07, 6.45) is 9.81. The number of aryl methyl sites for hydroxylation is 2. The molecule has 0 radical (unpaired) electrons. The Balaban J connectivity index is 1.23. The molecule has 1 N–H and O–H groups in total. The number of carbonyl (C=O) groups is 2. The van der Waals surface area contributed by atoms with Crippen molar-refractivity contribution in [2.24, 2.45) is 11.8 Å². The minimum absolute atomic E-state index is 0.00877. The van der Waals surface area contributed by atoms with E-state index in [9.17, 15) is 9.59 Å². The number of rotatable bonds is 3. The highest BCUT2D eigenvalue weighted by atomic mass is 32.1. The lowest BCUT2D eigenvalue weighted by Gasteiger charge is -2.16. The first-order valence-corrected chi connectivity index (χ1v) is 10.9. The fourth-order valence-electron chi connectivity index (χ4n) is 4.52. The second kappa shape index (κ2) is 7.26. The third-order valence-corrected chi connectivity index (χ3v) is 7.12. The molecule has 0 bridgehead atoms. The highest BCUT2D eigenvalue weighted by molar-refractivity contribution is 7.13. The first kappa shape index (κ1) is 18.3. The number of aromatic nitrogens is 1. The molecule has 6 heteroatoms. The van der Waals surface area contributed by atoms with Crippen LogP contribution in [0.3, 0.4) is 0 Å². The summed E-state index contributed by atoms with van der Waals surface area (Å²) in [4.78, 5) is 33.1. The zero-order valence-corrected chi connectivity index (χ0v) is 17.2. The Morgan fingerprint density at radius 3 is 3.00 bits per heavy atom. The molecule has 3 aliphatic rings. The zero-order chi connectivity index (χ0) is 20.0. The van der Waals surface area contributed by atoms with E-state index >= 15 is 0 Å². The van der Waals surface area contributed by atoms with Gasteiger partial charge in [0.15, 0.2) is 0 Å². The van der Waals surface area contributed by atoms with Crippen molar-refractivity contribution in [1.82, 2.24) is 9.88 Å². The van der Waals surface area contributed by atoms with Crippen molar-refractivity contribution in [3.63, 3.8) is 0 Å². The summed E-state index contributed by atoms with van der Waals surface area (Å²) in [6, 6.07) is 6.40. The molecule has 2 aliphatic heterocycles. The number of nitrogens with one attached hydrogen (secondary N) is 1. The van der Waals surface area contributed by atoms with Gasteiger partial charge in [0.1, 0.15) is 5.82 Å². The maximum atomic E-state index is 12.7. The SMILES string of the molecule is Cc1ccc(C2=CC3CN(C(=O)/C=C/c4cnc5c(c4)CCC(=O)N5)CC3C2)s1. The van der Waals surface area contributed by atoms with Crippen molar-refractivity contribution in [2.45, 2.75) is 26.2 Å². The molecule has 0 saturated carbocycles. The number of fused-ring (bicyclic) bond motifs is 2. The molecule has 0 spiro atoms. The highest BCUT2D eigenvalue weighted by Crippen LogP contribution is 2.42. The van der Waals surface area contributed by atoms with Gasteiger partial charge in [-0.1, -0.05) is 6.08 Å². The van der Waals surface area contributed by atoms with Crippen LogP contribution in [0.5, 0.6) is 0 Å². The fourth-order valence-corrected chi connectivity index (χ4v) is 5.42. The van der Waals surface area contributed by atoms with E-state index in [0.717, 1.165) is 30.6 Å². The van der Waals surface area contributed by atoms with Gasteiger partial charge < -0.3 is 10.2 Å². The van der Waals surface area contributed by atoms with Crippen molar-refractivity contribution >= 4 is 40.6 Å². The summed E-state index contributed by atoms with van der Waals surface area (Å²) in [5.41, 5.74) is 3.37. The number of carbonyl (C=O) groups excluding carboxylic acids is 2. The Hall–Kier alpha value is -2.73.